The van der Waals surface area contributed by atoms with Gasteiger partial charge in [-0.05, 0) is 31.2 Å². The standard InChI is InChI=1S/C20H30N3O6S/c1-3-4-8-16-9-7-12-22(14-16)20(25)13-17(24)15-21(2)30(28,29)19-11-6-5-10-18(19)23(26)27/h5-6,10-11,16-17,24H,1,3-4,7-9,12-15H2,2H3/t16?,17-/m1/s1. The number of para-hydroxylation sites is 1. The summed E-state index contributed by atoms with van der Waals surface area (Å²) in [5.74, 6) is 0.224. The molecular formula is C20H30N3O6S. The van der Waals surface area contributed by atoms with Crippen LogP contribution >= 0.6 is 0 Å². The van der Waals surface area contributed by atoms with Gasteiger partial charge >= 0.3 is 0 Å². The Labute approximate surface area is 177 Å². The molecule has 30 heavy (non-hydrogen) atoms. The van der Waals surface area contributed by atoms with Gasteiger partial charge in [-0.25, -0.2) is 8.42 Å². The summed E-state index contributed by atoms with van der Waals surface area (Å²) >= 11 is 0. The first-order chi connectivity index (χ1) is 14.2. The number of hydrogen-bond donors (Lipinski definition) is 1. The molecule has 1 aliphatic heterocycles. The quantitative estimate of drug-likeness (QED) is 0.440. The minimum atomic E-state index is -4.19. The normalized spacial score (nSPS) is 18.4. The molecule has 1 heterocycles. The first-order valence-corrected chi connectivity index (χ1v) is 11.6. The number of nitrogens with zero attached hydrogens (tertiary/aromatic N) is 3. The van der Waals surface area contributed by atoms with Crippen LogP contribution in [0.15, 0.2) is 29.2 Å². The second kappa shape index (κ2) is 10.8. The van der Waals surface area contributed by atoms with Crippen LogP contribution in [0.1, 0.15) is 38.5 Å². The summed E-state index contributed by atoms with van der Waals surface area (Å²) in [7, 11) is -2.96. The lowest BCUT2D eigenvalue weighted by molar-refractivity contribution is -0.387. The first kappa shape index (κ1) is 24.2. The second-order valence-corrected chi connectivity index (χ2v) is 9.73. The van der Waals surface area contributed by atoms with Crippen molar-refractivity contribution in [3.05, 3.63) is 41.3 Å². The number of unbranched alkanes of at least 4 members (excludes halogenated alkanes) is 1. The van der Waals surface area contributed by atoms with Gasteiger partial charge in [-0.15, -0.1) is 0 Å². The molecule has 1 amide bonds. The number of likely N-dealkylation sites (N-methyl/N-ethyl adjacent to an activating group) is 1. The lowest BCUT2D eigenvalue weighted by Gasteiger charge is -2.33. The summed E-state index contributed by atoms with van der Waals surface area (Å²) in [5.41, 5.74) is -0.531. The highest BCUT2D eigenvalue weighted by Gasteiger charge is 2.31. The highest BCUT2D eigenvalue weighted by molar-refractivity contribution is 7.89. The van der Waals surface area contributed by atoms with Gasteiger partial charge in [-0.3, -0.25) is 14.9 Å². The Hall–Kier alpha value is -2.04. The van der Waals surface area contributed by atoms with Gasteiger partial charge in [0.1, 0.15) is 0 Å². The number of aliphatic hydroxyl groups is 1. The molecule has 1 saturated heterocycles. The fourth-order valence-corrected chi connectivity index (χ4v) is 5.11. The predicted octanol–water partition coefficient (Wildman–Crippen LogP) is 2.21. The van der Waals surface area contributed by atoms with Crippen LogP contribution in [0.5, 0.6) is 0 Å². The fraction of sp³-hybridized carbons (Fsp3) is 0.600. The van der Waals surface area contributed by atoms with Crippen molar-refractivity contribution in [2.24, 2.45) is 5.92 Å². The highest BCUT2D eigenvalue weighted by Crippen LogP contribution is 2.26. The highest BCUT2D eigenvalue weighted by atomic mass is 32.2. The number of benzene rings is 1. The van der Waals surface area contributed by atoms with Gasteiger partial charge in [-0.1, -0.05) is 31.9 Å². The van der Waals surface area contributed by atoms with E-state index in [0.717, 1.165) is 48.5 Å². The van der Waals surface area contributed by atoms with E-state index in [1.807, 2.05) is 0 Å². The molecule has 1 unspecified atom stereocenters. The number of amides is 1. The van der Waals surface area contributed by atoms with E-state index in [9.17, 15) is 28.4 Å². The summed E-state index contributed by atoms with van der Waals surface area (Å²) in [6, 6.07) is 5.05. The Morgan fingerprint density at radius 3 is 2.80 bits per heavy atom. The van der Waals surface area contributed by atoms with Crippen molar-refractivity contribution >= 4 is 21.6 Å². The van der Waals surface area contributed by atoms with Crippen LogP contribution < -0.4 is 0 Å². The molecule has 2 atom stereocenters. The van der Waals surface area contributed by atoms with E-state index in [2.05, 4.69) is 6.92 Å². The van der Waals surface area contributed by atoms with Gasteiger partial charge in [0.2, 0.25) is 15.9 Å². The van der Waals surface area contributed by atoms with Crippen LogP contribution in [0.4, 0.5) is 5.69 Å². The molecule has 9 nitrogen and oxygen atoms in total. The van der Waals surface area contributed by atoms with Crippen LogP contribution in [0.2, 0.25) is 0 Å². The molecule has 0 spiro atoms. The molecule has 0 aromatic heterocycles. The Morgan fingerprint density at radius 2 is 2.13 bits per heavy atom. The number of hydrogen-bond acceptors (Lipinski definition) is 6. The lowest BCUT2D eigenvalue weighted by atomic mass is 9.92. The van der Waals surface area contributed by atoms with Gasteiger partial charge in [-0.2, -0.15) is 4.31 Å². The average Bonchev–Trinajstić information content (AvgIpc) is 2.72. The maximum absolute atomic E-state index is 12.7. The molecule has 10 heteroatoms. The number of piperidine rings is 1. The van der Waals surface area contributed by atoms with Crippen LogP contribution in [0.25, 0.3) is 0 Å². The van der Waals surface area contributed by atoms with Gasteiger partial charge in [0.15, 0.2) is 4.90 Å². The van der Waals surface area contributed by atoms with Gasteiger partial charge in [0, 0.05) is 32.7 Å². The van der Waals surface area contributed by atoms with Gasteiger partial charge in [0.25, 0.3) is 5.69 Å². The van der Waals surface area contributed by atoms with E-state index in [4.69, 9.17) is 0 Å². The molecule has 1 radical (unpaired) electrons. The minimum absolute atomic E-state index is 0.196. The third kappa shape index (κ3) is 6.23. The molecular weight excluding hydrogens is 410 g/mol. The number of nitro groups is 1. The summed E-state index contributed by atoms with van der Waals surface area (Å²) < 4.78 is 26.3. The number of carbonyl (C=O) groups is 1. The van der Waals surface area contributed by atoms with Crippen molar-refractivity contribution in [3.63, 3.8) is 0 Å². The third-order valence-electron chi connectivity index (χ3n) is 5.36. The van der Waals surface area contributed by atoms with Crippen LogP contribution in [0.3, 0.4) is 0 Å². The van der Waals surface area contributed by atoms with Gasteiger partial charge in [0.05, 0.1) is 17.4 Å². The molecule has 1 aromatic carbocycles. The Kier molecular flexibility index (Phi) is 8.75. The molecule has 167 valence electrons. The molecule has 1 fully saturated rings. The third-order valence-corrected chi connectivity index (χ3v) is 7.23. The number of sulfonamides is 1. The summed E-state index contributed by atoms with van der Waals surface area (Å²) in [6.07, 6.45) is 3.48. The van der Waals surface area contributed by atoms with E-state index < -0.39 is 31.6 Å². The van der Waals surface area contributed by atoms with Gasteiger partial charge < -0.3 is 10.0 Å². The number of carbonyl (C=O) groups excluding carboxylic acids is 1. The smallest absolute Gasteiger partial charge is 0.289 e. The molecule has 0 bridgehead atoms. The Bertz CT molecular complexity index is 845. The van der Waals surface area contributed by atoms with Crippen LogP contribution in [-0.4, -0.2) is 66.3 Å². The van der Waals surface area contributed by atoms with Crippen molar-refractivity contribution in [1.82, 2.24) is 9.21 Å². The van der Waals surface area contributed by atoms with E-state index >= 15 is 0 Å². The summed E-state index contributed by atoms with van der Waals surface area (Å²) in [5, 5.41) is 21.5. The second-order valence-electron chi connectivity index (χ2n) is 7.71. The lowest BCUT2D eigenvalue weighted by Crippen LogP contribution is -2.43. The molecule has 2 rings (SSSR count). The maximum Gasteiger partial charge on any atom is 0.289 e. The Morgan fingerprint density at radius 1 is 1.43 bits per heavy atom. The van der Waals surface area contributed by atoms with Crippen molar-refractivity contribution < 1.29 is 23.2 Å². The van der Waals surface area contributed by atoms with E-state index in [0.29, 0.717) is 19.0 Å². The maximum atomic E-state index is 12.7. The predicted molar refractivity (Wildman–Crippen MR) is 112 cm³/mol. The number of rotatable bonds is 10. The molecule has 1 N–H and O–H groups in total. The zero-order valence-electron chi connectivity index (χ0n) is 17.3. The summed E-state index contributed by atoms with van der Waals surface area (Å²) in [6.45, 7) is 4.79. The molecule has 1 aromatic rings. The van der Waals surface area contributed by atoms with Crippen molar-refractivity contribution in [2.75, 3.05) is 26.7 Å². The zero-order chi connectivity index (χ0) is 22.3. The molecule has 0 aliphatic carbocycles. The number of aliphatic hydroxyl groups excluding tert-OH is 1. The van der Waals surface area contributed by atoms with Crippen LogP contribution in [0, 0.1) is 23.0 Å². The van der Waals surface area contributed by atoms with E-state index in [1.165, 1.54) is 19.2 Å². The molecule has 1 aliphatic rings. The largest absolute Gasteiger partial charge is 0.391 e. The molecule has 0 saturated carbocycles. The van der Waals surface area contributed by atoms with E-state index in [1.54, 1.807) is 4.90 Å². The van der Waals surface area contributed by atoms with Crippen molar-refractivity contribution in [3.8, 4) is 0 Å². The first-order valence-electron chi connectivity index (χ1n) is 10.1. The Balaban J connectivity index is 1.97. The van der Waals surface area contributed by atoms with E-state index in [-0.39, 0.29) is 18.9 Å². The zero-order valence-corrected chi connectivity index (χ0v) is 18.1. The minimum Gasteiger partial charge on any atom is -0.391 e. The topological polar surface area (TPSA) is 121 Å². The number of likely N-dealkylation sites (tertiary alicyclic amines) is 1. The monoisotopic (exact) mass is 440 g/mol. The number of nitro benzene ring substituents is 1. The van der Waals surface area contributed by atoms with Crippen LogP contribution in [-0.2, 0) is 14.8 Å². The van der Waals surface area contributed by atoms with Crippen molar-refractivity contribution in [2.45, 2.75) is 49.5 Å². The SMILES string of the molecule is [CH2]CCCC1CCCN(C(=O)C[C@@H](O)CN(C)S(=O)(=O)c2ccccc2[N+](=O)[O-])C1. The fourth-order valence-electron chi connectivity index (χ4n) is 3.74. The summed E-state index contributed by atoms with van der Waals surface area (Å²) in [4.78, 5) is 24.2. The van der Waals surface area contributed by atoms with Crippen molar-refractivity contribution in [1.29, 1.82) is 0 Å². The average molecular weight is 441 g/mol.